The zero-order valence-electron chi connectivity index (χ0n) is 13.5. The molecule has 0 fully saturated rings. The smallest absolute Gasteiger partial charge is 0.241 e. The molecule has 3 aromatic rings. The third-order valence-corrected chi connectivity index (χ3v) is 6.56. The van der Waals surface area contributed by atoms with E-state index in [1.165, 1.54) is 35.6 Å². The normalized spacial score (nSPS) is 11.6. The van der Waals surface area contributed by atoms with Crippen LogP contribution < -0.4 is 5.32 Å². The third-order valence-electron chi connectivity index (χ3n) is 3.74. The lowest BCUT2D eigenvalue weighted by Crippen LogP contribution is -2.22. The van der Waals surface area contributed by atoms with Crippen LogP contribution in [-0.2, 0) is 14.6 Å². The molecule has 2 aromatic carbocycles. The summed E-state index contributed by atoms with van der Waals surface area (Å²) >= 11 is 7.07. The number of nitrogens with one attached hydrogen (secondary N) is 1. The maximum absolute atomic E-state index is 12.3. The number of fused-ring (bicyclic) bond motifs is 1. The van der Waals surface area contributed by atoms with Gasteiger partial charge in [0.1, 0.15) is 5.75 Å². The van der Waals surface area contributed by atoms with E-state index in [9.17, 15) is 13.2 Å². The van der Waals surface area contributed by atoms with E-state index >= 15 is 0 Å². The molecule has 1 N–H and O–H groups in total. The number of amides is 1. The predicted octanol–water partition coefficient (Wildman–Crippen LogP) is 3.98. The molecular formula is C17H15ClN2O3S2. The standard InChI is InChI=1S/C17H15ClN2O3S2/c1-10-7-14-15(8-11(10)2)24-17(19-14)20-16(21)9-25(22,23)13-5-3-12(18)4-6-13/h3-8H,9H2,1-2H3,(H,19,20,21). The summed E-state index contributed by atoms with van der Waals surface area (Å²) < 4.78 is 25.5. The Hall–Kier alpha value is -1.96. The molecule has 0 bridgehead atoms. The van der Waals surface area contributed by atoms with Gasteiger partial charge in [0.15, 0.2) is 15.0 Å². The first-order chi connectivity index (χ1) is 11.7. The summed E-state index contributed by atoms with van der Waals surface area (Å²) in [4.78, 5) is 16.5. The van der Waals surface area contributed by atoms with Crippen molar-refractivity contribution in [3.8, 4) is 0 Å². The van der Waals surface area contributed by atoms with Gasteiger partial charge in [-0.2, -0.15) is 0 Å². The fraction of sp³-hybridized carbons (Fsp3) is 0.176. The number of anilines is 1. The van der Waals surface area contributed by atoms with Gasteiger partial charge in [0.25, 0.3) is 0 Å². The second-order valence-electron chi connectivity index (χ2n) is 5.68. The van der Waals surface area contributed by atoms with Gasteiger partial charge < -0.3 is 5.32 Å². The van der Waals surface area contributed by atoms with Gasteiger partial charge >= 0.3 is 0 Å². The number of aromatic nitrogens is 1. The fourth-order valence-corrected chi connectivity index (χ4v) is 4.51. The van der Waals surface area contributed by atoms with Crippen LogP contribution in [0, 0.1) is 13.8 Å². The van der Waals surface area contributed by atoms with Crippen molar-refractivity contribution in [2.45, 2.75) is 18.7 Å². The van der Waals surface area contributed by atoms with Crippen molar-refractivity contribution < 1.29 is 13.2 Å². The summed E-state index contributed by atoms with van der Waals surface area (Å²) in [7, 11) is -3.73. The SMILES string of the molecule is Cc1cc2nc(NC(=O)CS(=O)(=O)c3ccc(Cl)cc3)sc2cc1C. The van der Waals surface area contributed by atoms with Crippen molar-refractivity contribution in [3.05, 3.63) is 52.5 Å². The number of carbonyl (C=O) groups is 1. The molecule has 0 spiro atoms. The lowest BCUT2D eigenvalue weighted by atomic mass is 10.1. The topological polar surface area (TPSA) is 76.1 Å². The van der Waals surface area contributed by atoms with E-state index < -0.39 is 21.5 Å². The number of aryl methyl sites for hydroxylation is 2. The van der Waals surface area contributed by atoms with E-state index in [4.69, 9.17) is 11.6 Å². The van der Waals surface area contributed by atoms with Crippen LogP contribution in [0.3, 0.4) is 0 Å². The summed E-state index contributed by atoms with van der Waals surface area (Å²) in [5, 5.41) is 3.39. The van der Waals surface area contributed by atoms with Crippen LogP contribution >= 0.6 is 22.9 Å². The Bertz CT molecular complexity index is 1020. The number of rotatable bonds is 4. The second-order valence-corrected chi connectivity index (χ2v) is 9.14. The van der Waals surface area contributed by atoms with E-state index in [0.29, 0.717) is 10.2 Å². The highest BCUT2D eigenvalue weighted by atomic mass is 35.5. The number of sulfone groups is 1. The van der Waals surface area contributed by atoms with Crippen molar-refractivity contribution in [3.63, 3.8) is 0 Å². The highest BCUT2D eigenvalue weighted by Gasteiger charge is 2.20. The fourth-order valence-electron chi connectivity index (χ4n) is 2.29. The van der Waals surface area contributed by atoms with Gasteiger partial charge in [-0.25, -0.2) is 13.4 Å². The minimum atomic E-state index is -3.73. The van der Waals surface area contributed by atoms with E-state index in [2.05, 4.69) is 10.3 Å². The van der Waals surface area contributed by atoms with E-state index in [0.717, 1.165) is 21.3 Å². The van der Waals surface area contributed by atoms with Gasteiger partial charge in [0.05, 0.1) is 15.1 Å². The van der Waals surface area contributed by atoms with Gasteiger partial charge in [-0.15, -0.1) is 0 Å². The molecule has 130 valence electrons. The highest BCUT2D eigenvalue weighted by Crippen LogP contribution is 2.28. The first-order valence-corrected chi connectivity index (χ1v) is 10.3. The number of carbonyl (C=O) groups excluding carboxylic acids is 1. The van der Waals surface area contributed by atoms with Crippen LogP contribution in [0.25, 0.3) is 10.2 Å². The van der Waals surface area contributed by atoms with Gasteiger partial charge in [0, 0.05) is 5.02 Å². The molecule has 8 heteroatoms. The van der Waals surface area contributed by atoms with Gasteiger partial charge in [-0.1, -0.05) is 22.9 Å². The molecule has 0 aliphatic rings. The molecule has 0 atom stereocenters. The molecule has 1 heterocycles. The summed E-state index contributed by atoms with van der Waals surface area (Å²) in [6.07, 6.45) is 0. The monoisotopic (exact) mass is 394 g/mol. The Balaban J connectivity index is 1.77. The number of hydrogen-bond donors (Lipinski definition) is 1. The average Bonchev–Trinajstić information content (AvgIpc) is 2.88. The number of benzene rings is 2. The van der Waals surface area contributed by atoms with Crippen LogP contribution in [0.4, 0.5) is 5.13 Å². The maximum Gasteiger partial charge on any atom is 0.241 e. The molecule has 0 radical (unpaired) electrons. The Morgan fingerprint density at radius 1 is 1.16 bits per heavy atom. The second kappa shape index (κ2) is 6.74. The zero-order valence-corrected chi connectivity index (χ0v) is 15.9. The van der Waals surface area contributed by atoms with E-state index in [1.54, 1.807) is 0 Å². The number of thiazole rings is 1. The van der Waals surface area contributed by atoms with Crippen LogP contribution in [-0.4, -0.2) is 25.1 Å². The van der Waals surface area contributed by atoms with Crippen LogP contribution in [0.5, 0.6) is 0 Å². The molecule has 0 aliphatic carbocycles. The van der Waals surface area contributed by atoms with E-state index in [1.807, 2.05) is 26.0 Å². The molecule has 0 unspecified atom stereocenters. The number of halogens is 1. The summed E-state index contributed by atoms with van der Waals surface area (Å²) in [6.45, 7) is 4.00. The molecule has 25 heavy (non-hydrogen) atoms. The predicted molar refractivity (Wildman–Crippen MR) is 101 cm³/mol. The largest absolute Gasteiger partial charge is 0.301 e. The molecule has 1 aromatic heterocycles. The van der Waals surface area contributed by atoms with Crippen molar-refractivity contribution in [1.29, 1.82) is 0 Å². The van der Waals surface area contributed by atoms with Gasteiger partial charge in [0.2, 0.25) is 5.91 Å². The molecule has 0 saturated carbocycles. The molecule has 1 amide bonds. The summed E-state index contributed by atoms with van der Waals surface area (Å²) in [6, 6.07) is 9.67. The first kappa shape index (κ1) is 17.8. The molecule has 0 saturated heterocycles. The zero-order chi connectivity index (χ0) is 18.2. The Labute approximate surface area is 154 Å². The van der Waals surface area contributed by atoms with Gasteiger partial charge in [-0.05, 0) is 61.4 Å². The maximum atomic E-state index is 12.3. The molecule has 5 nitrogen and oxygen atoms in total. The van der Waals surface area contributed by atoms with Gasteiger partial charge in [-0.3, -0.25) is 4.79 Å². The Morgan fingerprint density at radius 2 is 1.80 bits per heavy atom. The van der Waals surface area contributed by atoms with Crippen LogP contribution in [0.2, 0.25) is 5.02 Å². The number of hydrogen-bond acceptors (Lipinski definition) is 5. The van der Waals surface area contributed by atoms with Crippen molar-refractivity contribution in [2.24, 2.45) is 0 Å². The highest BCUT2D eigenvalue weighted by molar-refractivity contribution is 7.92. The van der Waals surface area contributed by atoms with Crippen molar-refractivity contribution in [1.82, 2.24) is 4.98 Å². The first-order valence-electron chi connectivity index (χ1n) is 7.40. The Kier molecular flexibility index (Phi) is 4.81. The summed E-state index contributed by atoms with van der Waals surface area (Å²) in [5.74, 6) is -1.27. The minimum absolute atomic E-state index is 0.0580. The van der Waals surface area contributed by atoms with Crippen molar-refractivity contribution in [2.75, 3.05) is 11.1 Å². The average molecular weight is 395 g/mol. The minimum Gasteiger partial charge on any atom is -0.301 e. The molecule has 3 rings (SSSR count). The molecular weight excluding hydrogens is 380 g/mol. The lowest BCUT2D eigenvalue weighted by molar-refractivity contribution is -0.113. The molecule has 0 aliphatic heterocycles. The quantitative estimate of drug-likeness (QED) is 0.726. The van der Waals surface area contributed by atoms with E-state index in [-0.39, 0.29) is 4.90 Å². The lowest BCUT2D eigenvalue weighted by Gasteiger charge is -2.04. The van der Waals surface area contributed by atoms with Crippen LogP contribution in [0.1, 0.15) is 11.1 Å². The van der Waals surface area contributed by atoms with Crippen LogP contribution in [0.15, 0.2) is 41.3 Å². The summed E-state index contributed by atoms with van der Waals surface area (Å²) in [5.41, 5.74) is 3.03. The third kappa shape index (κ3) is 4.00. The van der Waals surface area contributed by atoms with Crippen molar-refractivity contribution >= 4 is 54.0 Å². The number of nitrogens with zero attached hydrogens (tertiary/aromatic N) is 1. The Morgan fingerprint density at radius 3 is 2.48 bits per heavy atom.